The first-order chi connectivity index (χ1) is 9.70. The van der Waals surface area contributed by atoms with Crippen molar-refractivity contribution in [1.82, 2.24) is 4.83 Å². The minimum atomic E-state index is -3.72. The second-order valence-electron chi connectivity index (χ2n) is 4.78. The van der Waals surface area contributed by atoms with E-state index >= 15 is 0 Å². The Bertz CT molecular complexity index is 670. The van der Waals surface area contributed by atoms with Crippen LogP contribution in [-0.4, -0.2) is 20.0 Å². The Balaban J connectivity index is 2.88. The Hall–Kier alpha value is -2.15. The van der Waals surface area contributed by atoms with Crippen molar-refractivity contribution in [2.24, 2.45) is 5.10 Å². The molecule has 0 aromatic heterocycles. The number of carbonyl (C=O) groups excluding carboxylic acids is 1. The van der Waals surface area contributed by atoms with Crippen LogP contribution in [0, 0.1) is 0 Å². The molecule has 0 unspecified atom stereocenters. The van der Waals surface area contributed by atoms with Gasteiger partial charge in [0.1, 0.15) is 0 Å². The molecular formula is C14H19N3O3S. The Morgan fingerprint density at radius 3 is 2.14 bits per heavy atom. The Morgan fingerprint density at radius 2 is 1.67 bits per heavy atom. The van der Waals surface area contributed by atoms with Crippen molar-refractivity contribution in [3.63, 3.8) is 0 Å². The van der Waals surface area contributed by atoms with Gasteiger partial charge in [-0.25, -0.2) is 0 Å². The number of sulfonamides is 1. The topological polar surface area (TPSA) is 87.6 Å². The maximum atomic E-state index is 12.0. The van der Waals surface area contributed by atoms with E-state index in [-0.39, 0.29) is 10.8 Å². The summed E-state index contributed by atoms with van der Waals surface area (Å²) in [5.74, 6) is -0.217. The standard InChI is InChI=1S/C14H19N3O3S/c1-10(2)9-11(3)16-17-21(19,20)14-7-5-13(6-8-14)15-12(4)18/h5-9,17H,1-4H3,(H,15,18). The monoisotopic (exact) mass is 309 g/mol. The lowest BCUT2D eigenvalue weighted by Gasteiger charge is -2.06. The minimum absolute atomic E-state index is 0.0744. The maximum absolute atomic E-state index is 12.0. The fraction of sp³-hybridized carbons (Fsp3) is 0.286. The third-order valence-corrected chi connectivity index (χ3v) is 3.55. The van der Waals surface area contributed by atoms with Crippen molar-refractivity contribution in [3.8, 4) is 0 Å². The van der Waals surface area contributed by atoms with Gasteiger partial charge in [-0.2, -0.15) is 18.4 Å². The second kappa shape index (κ2) is 7.03. The number of hydrazone groups is 1. The van der Waals surface area contributed by atoms with Gasteiger partial charge < -0.3 is 5.32 Å². The zero-order valence-electron chi connectivity index (χ0n) is 12.5. The molecule has 0 spiro atoms. The Morgan fingerprint density at radius 1 is 1.10 bits per heavy atom. The summed E-state index contributed by atoms with van der Waals surface area (Å²) in [5, 5.41) is 6.38. The normalized spacial score (nSPS) is 11.7. The molecule has 114 valence electrons. The molecule has 0 aliphatic carbocycles. The van der Waals surface area contributed by atoms with E-state index in [1.165, 1.54) is 31.2 Å². The SMILES string of the molecule is CC(=O)Nc1ccc(S(=O)(=O)NN=C(C)C=C(C)C)cc1. The molecule has 0 heterocycles. The number of carbonyl (C=O) groups is 1. The number of amides is 1. The summed E-state index contributed by atoms with van der Waals surface area (Å²) in [6.07, 6.45) is 1.77. The maximum Gasteiger partial charge on any atom is 0.276 e. The van der Waals surface area contributed by atoms with Crippen LogP contribution in [0.25, 0.3) is 0 Å². The van der Waals surface area contributed by atoms with Crippen LogP contribution >= 0.6 is 0 Å². The summed E-state index contributed by atoms with van der Waals surface area (Å²) >= 11 is 0. The summed E-state index contributed by atoms with van der Waals surface area (Å²) in [4.78, 5) is 13.1. The van der Waals surface area contributed by atoms with Gasteiger partial charge in [0.05, 0.1) is 10.6 Å². The van der Waals surface area contributed by atoms with E-state index in [1.54, 1.807) is 13.0 Å². The van der Waals surface area contributed by atoms with Crippen LogP contribution in [0.15, 0.2) is 45.9 Å². The lowest BCUT2D eigenvalue weighted by atomic mass is 10.3. The highest BCUT2D eigenvalue weighted by Crippen LogP contribution is 2.13. The van der Waals surface area contributed by atoms with Crippen molar-refractivity contribution < 1.29 is 13.2 Å². The van der Waals surface area contributed by atoms with Crippen LogP contribution in [-0.2, 0) is 14.8 Å². The van der Waals surface area contributed by atoms with Gasteiger partial charge in [-0.05, 0) is 51.1 Å². The molecule has 1 rings (SSSR count). The molecule has 1 aromatic rings. The minimum Gasteiger partial charge on any atom is -0.326 e. The Labute approximate surface area is 125 Å². The molecule has 0 radical (unpaired) electrons. The Kier molecular flexibility index (Phi) is 5.66. The first kappa shape index (κ1) is 16.9. The van der Waals surface area contributed by atoms with Gasteiger partial charge in [0.25, 0.3) is 10.0 Å². The lowest BCUT2D eigenvalue weighted by Crippen LogP contribution is -2.19. The van der Waals surface area contributed by atoms with E-state index in [2.05, 4.69) is 15.2 Å². The van der Waals surface area contributed by atoms with Gasteiger partial charge in [0.15, 0.2) is 0 Å². The highest BCUT2D eigenvalue weighted by Gasteiger charge is 2.12. The number of nitrogens with one attached hydrogen (secondary N) is 2. The van der Waals surface area contributed by atoms with Crippen LogP contribution < -0.4 is 10.1 Å². The zero-order valence-corrected chi connectivity index (χ0v) is 13.3. The van der Waals surface area contributed by atoms with E-state index in [4.69, 9.17) is 0 Å². The van der Waals surface area contributed by atoms with Gasteiger partial charge in [0, 0.05) is 12.6 Å². The first-order valence-corrected chi connectivity index (χ1v) is 7.77. The van der Waals surface area contributed by atoms with Crippen LogP contribution in [0.2, 0.25) is 0 Å². The molecule has 6 nitrogen and oxygen atoms in total. The third-order valence-electron chi connectivity index (χ3n) is 2.32. The van der Waals surface area contributed by atoms with Crippen LogP contribution in [0.1, 0.15) is 27.7 Å². The summed E-state index contributed by atoms with van der Waals surface area (Å²) in [6, 6.07) is 5.84. The smallest absolute Gasteiger partial charge is 0.276 e. The van der Waals surface area contributed by atoms with Crippen LogP contribution in [0.3, 0.4) is 0 Å². The molecule has 2 N–H and O–H groups in total. The average molecular weight is 309 g/mol. The predicted molar refractivity (Wildman–Crippen MR) is 83.6 cm³/mol. The van der Waals surface area contributed by atoms with Crippen molar-refractivity contribution in [2.45, 2.75) is 32.6 Å². The summed E-state index contributed by atoms with van der Waals surface area (Å²) < 4.78 is 24.1. The third kappa shape index (κ3) is 5.78. The van der Waals surface area contributed by atoms with Crippen molar-refractivity contribution in [3.05, 3.63) is 35.9 Å². The number of anilines is 1. The number of rotatable bonds is 5. The highest BCUT2D eigenvalue weighted by molar-refractivity contribution is 7.89. The average Bonchev–Trinajstić information content (AvgIpc) is 2.36. The van der Waals surface area contributed by atoms with Gasteiger partial charge in [-0.3, -0.25) is 4.79 Å². The van der Waals surface area contributed by atoms with Crippen molar-refractivity contribution in [2.75, 3.05) is 5.32 Å². The molecule has 0 fully saturated rings. The number of allylic oxidation sites excluding steroid dienone is 2. The van der Waals surface area contributed by atoms with E-state index in [1.807, 2.05) is 13.8 Å². The van der Waals surface area contributed by atoms with Gasteiger partial charge >= 0.3 is 0 Å². The summed E-state index contributed by atoms with van der Waals surface area (Å²) in [6.45, 7) is 6.88. The zero-order chi connectivity index (χ0) is 16.0. The molecule has 7 heteroatoms. The predicted octanol–water partition coefficient (Wildman–Crippen LogP) is 2.27. The molecule has 0 saturated carbocycles. The van der Waals surface area contributed by atoms with Crippen molar-refractivity contribution >= 4 is 27.3 Å². The molecule has 0 bridgehead atoms. The number of benzene rings is 1. The van der Waals surface area contributed by atoms with E-state index < -0.39 is 10.0 Å². The van der Waals surface area contributed by atoms with Gasteiger partial charge in [0.2, 0.25) is 5.91 Å². The van der Waals surface area contributed by atoms with E-state index in [0.717, 1.165) is 5.57 Å². The summed E-state index contributed by atoms with van der Waals surface area (Å²) in [7, 11) is -3.72. The second-order valence-corrected chi connectivity index (χ2v) is 6.44. The van der Waals surface area contributed by atoms with Gasteiger partial charge in [-0.1, -0.05) is 5.57 Å². The lowest BCUT2D eigenvalue weighted by molar-refractivity contribution is -0.114. The number of hydrogen-bond acceptors (Lipinski definition) is 4. The molecule has 0 aliphatic rings. The fourth-order valence-corrected chi connectivity index (χ4v) is 2.42. The summed E-state index contributed by atoms with van der Waals surface area (Å²) in [5.41, 5.74) is 2.12. The molecular weight excluding hydrogens is 290 g/mol. The molecule has 0 aliphatic heterocycles. The largest absolute Gasteiger partial charge is 0.326 e. The van der Waals surface area contributed by atoms with E-state index in [0.29, 0.717) is 11.4 Å². The highest BCUT2D eigenvalue weighted by atomic mass is 32.2. The molecule has 1 amide bonds. The first-order valence-electron chi connectivity index (χ1n) is 6.29. The van der Waals surface area contributed by atoms with Gasteiger partial charge in [-0.15, -0.1) is 0 Å². The van der Waals surface area contributed by atoms with Crippen molar-refractivity contribution in [1.29, 1.82) is 0 Å². The number of nitrogens with zero attached hydrogens (tertiary/aromatic N) is 1. The van der Waals surface area contributed by atoms with Crippen LogP contribution in [0.4, 0.5) is 5.69 Å². The fourth-order valence-electron chi connectivity index (χ4n) is 1.56. The molecule has 21 heavy (non-hydrogen) atoms. The molecule has 0 atom stereocenters. The number of hydrogen-bond donors (Lipinski definition) is 2. The quantitative estimate of drug-likeness (QED) is 0.646. The van der Waals surface area contributed by atoms with Crippen LogP contribution in [0.5, 0.6) is 0 Å². The molecule has 1 aromatic carbocycles. The van der Waals surface area contributed by atoms with E-state index in [9.17, 15) is 13.2 Å². The molecule has 0 saturated heterocycles.